The molecule has 0 saturated heterocycles. The average molecular weight is 336 g/mol. The Hall–Kier alpha value is -0.790. The summed E-state index contributed by atoms with van der Waals surface area (Å²) in [4.78, 5) is 0. The normalized spacial score (nSPS) is 11.3. The van der Waals surface area contributed by atoms with Gasteiger partial charge in [-0.05, 0) is 19.3 Å². The van der Waals surface area contributed by atoms with Crippen LogP contribution in [0.3, 0.4) is 0 Å². The van der Waals surface area contributed by atoms with Crippen molar-refractivity contribution in [3.8, 4) is 0 Å². The minimum atomic E-state index is 1.17. The first kappa shape index (κ1) is 21.3. The highest BCUT2D eigenvalue weighted by Gasteiger charge is 2.10. The van der Waals surface area contributed by atoms with Crippen molar-refractivity contribution in [3.05, 3.63) is 18.2 Å². The Bertz CT molecular complexity index is 395. The first-order valence-electron chi connectivity index (χ1n) is 10.8. The third-order valence-electron chi connectivity index (χ3n) is 5.26. The molecule has 0 radical (unpaired) electrons. The summed E-state index contributed by atoms with van der Waals surface area (Å²) in [6, 6.07) is 0. The monoisotopic (exact) mass is 335 g/mol. The van der Waals surface area contributed by atoms with Crippen molar-refractivity contribution < 1.29 is 4.57 Å². The Morgan fingerprint density at radius 1 is 0.708 bits per heavy atom. The smallest absolute Gasteiger partial charge is 0.234 e. The van der Waals surface area contributed by atoms with Crippen LogP contribution in [-0.2, 0) is 13.1 Å². The van der Waals surface area contributed by atoms with Gasteiger partial charge in [-0.1, -0.05) is 84.5 Å². The molecule has 1 aromatic rings. The van der Waals surface area contributed by atoms with Gasteiger partial charge < -0.3 is 0 Å². The van der Waals surface area contributed by atoms with Crippen LogP contribution >= 0.6 is 0 Å². The number of aryl methyl sites for hydroxylation is 2. The van der Waals surface area contributed by atoms with E-state index in [0.717, 1.165) is 0 Å². The topological polar surface area (TPSA) is 8.81 Å². The third-order valence-corrected chi connectivity index (χ3v) is 5.26. The van der Waals surface area contributed by atoms with Crippen LogP contribution in [0.25, 0.3) is 0 Å². The van der Waals surface area contributed by atoms with E-state index in [1.165, 1.54) is 109 Å². The van der Waals surface area contributed by atoms with Crippen LogP contribution in [0.1, 0.15) is 110 Å². The van der Waals surface area contributed by atoms with Gasteiger partial charge in [0.05, 0.1) is 13.1 Å². The highest BCUT2D eigenvalue weighted by molar-refractivity contribution is 4.79. The molecule has 0 aromatic carbocycles. The molecular formula is C22H43N2+. The van der Waals surface area contributed by atoms with Gasteiger partial charge in [0.2, 0.25) is 0 Å². The van der Waals surface area contributed by atoms with E-state index >= 15 is 0 Å². The van der Waals surface area contributed by atoms with E-state index in [4.69, 9.17) is 0 Å². The van der Waals surface area contributed by atoms with Gasteiger partial charge in [0.1, 0.15) is 12.4 Å². The van der Waals surface area contributed by atoms with E-state index in [-0.39, 0.29) is 0 Å². The molecule has 0 fully saturated rings. The van der Waals surface area contributed by atoms with E-state index in [1.807, 2.05) is 0 Å². The molecule has 140 valence electrons. The van der Waals surface area contributed by atoms with E-state index in [1.54, 1.807) is 0 Å². The van der Waals surface area contributed by atoms with E-state index in [2.05, 4.69) is 42.3 Å². The molecule has 0 atom stereocenters. The van der Waals surface area contributed by atoms with Gasteiger partial charge in [-0.3, -0.25) is 0 Å². The summed E-state index contributed by atoms with van der Waals surface area (Å²) in [5.41, 5.74) is 0. The van der Waals surface area contributed by atoms with Gasteiger partial charge in [0.15, 0.2) is 0 Å². The van der Waals surface area contributed by atoms with Crippen LogP contribution < -0.4 is 4.57 Å². The van der Waals surface area contributed by atoms with Crippen LogP contribution in [0, 0.1) is 6.92 Å². The van der Waals surface area contributed by atoms with E-state index < -0.39 is 0 Å². The van der Waals surface area contributed by atoms with E-state index in [0.29, 0.717) is 0 Å². The number of hydrogen-bond acceptors (Lipinski definition) is 0. The third kappa shape index (κ3) is 9.49. The molecular weight excluding hydrogens is 292 g/mol. The molecule has 0 aliphatic rings. The molecule has 2 nitrogen and oxygen atoms in total. The second-order valence-corrected chi connectivity index (χ2v) is 7.47. The molecule has 0 bridgehead atoms. The summed E-state index contributed by atoms with van der Waals surface area (Å²) in [6.07, 6.45) is 24.2. The highest BCUT2D eigenvalue weighted by Crippen LogP contribution is 2.12. The minimum absolute atomic E-state index is 1.17. The number of aromatic nitrogens is 2. The van der Waals surface area contributed by atoms with Crippen molar-refractivity contribution in [2.45, 2.75) is 124 Å². The number of nitrogens with zero attached hydrogens (tertiary/aromatic N) is 2. The zero-order valence-corrected chi connectivity index (χ0v) is 16.9. The second kappa shape index (κ2) is 14.5. The van der Waals surface area contributed by atoms with Crippen molar-refractivity contribution in [1.29, 1.82) is 0 Å². The van der Waals surface area contributed by atoms with Crippen LogP contribution in [0.2, 0.25) is 0 Å². The van der Waals surface area contributed by atoms with Gasteiger partial charge >= 0.3 is 0 Å². The number of imidazole rings is 1. The molecule has 0 aliphatic carbocycles. The van der Waals surface area contributed by atoms with E-state index in [9.17, 15) is 0 Å². The van der Waals surface area contributed by atoms with Crippen molar-refractivity contribution >= 4 is 0 Å². The average Bonchev–Trinajstić information content (AvgIpc) is 2.94. The van der Waals surface area contributed by atoms with Gasteiger partial charge in [0, 0.05) is 6.92 Å². The minimum Gasteiger partial charge on any atom is -0.234 e. The second-order valence-electron chi connectivity index (χ2n) is 7.47. The summed E-state index contributed by atoms with van der Waals surface area (Å²) in [5.74, 6) is 1.42. The van der Waals surface area contributed by atoms with Crippen molar-refractivity contribution in [2.24, 2.45) is 0 Å². The highest BCUT2D eigenvalue weighted by atomic mass is 15.1. The summed E-state index contributed by atoms with van der Waals surface area (Å²) < 4.78 is 4.84. The Balaban J connectivity index is 1.94. The molecule has 1 rings (SSSR count). The number of rotatable bonds is 16. The fourth-order valence-electron chi connectivity index (χ4n) is 3.47. The summed E-state index contributed by atoms with van der Waals surface area (Å²) in [5, 5.41) is 0. The number of unbranched alkanes of at least 4 members (excludes halogenated alkanes) is 12. The Morgan fingerprint density at radius 3 is 1.75 bits per heavy atom. The molecule has 2 heteroatoms. The zero-order valence-electron chi connectivity index (χ0n) is 16.9. The standard InChI is InChI=1S/C22H43N2/c1-4-6-8-9-10-11-12-13-14-15-16-17-19-24-21-20-23(22(24)3)18-7-5-2/h20-21H,4-19H2,1-3H3/q+1. The van der Waals surface area contributed by atoms with Crippen LogP contribution in [-0.4, -0.2) is 4.57 Å². The largest absolute Gasteiger partial charge is 0.253 e. The molecule has 24 heavy (non-hydrogen) atoms. The Morgan fingerprint density at radius 2 is 1.21 bits per heavy atom. The fourth-order valence-corrected chi connectivity index (χ4v) is 3.47. The molecule has 0 amide bonds. The predicted octanol–water partition coefficient (Wildman–Crippen LogP) is 6.59. The van der Waals surface area contributed by atoms with Crippen molar-refractivity contribution in [1.82, 2.24) is 4.57 Å². The lowest BCUT2D eigenvalue weighted by atomic mass is 10.1. The van der Waals surface area contributed by atoms with Crippen LogP contribution in [0.4, 0.5) is 0 Å². The first-order valence-corrected chi connectivity index (χ1v) is 10.8. The lowest BCUT2D eigenvalue weighted by Crippen LogP contribution is -2.35. The molecule has 0 N–H and O–H groups in total. The molecule has 0 saturated carbocycles. The SMILES string of the molecule is CCCCCCCCCCCCCC[n+]1ccn(CCCC)c1C. The van der Waals surface area contributed by atoms with Gasteiger partial charge in [0.25, 0.3) is 5.82 Å². The first-order chi connectivity index (χ1) is 11.8. The molecule has 1 aromatic heterocycles. The Kier molecular flexibility index (Phi) is 12.9. The lowest BCUT2D eigenvalue weighted by molar-refractivity contribution is -0.702. The summed E-state index contributed by atoms with van der Waals surface area (Å²) in [6.45, 7) is 9.19. The molecule has 0 aliphatic heterocycles. The molecule has 0 unspecified atom stereocenters. The summed E-state index contributed by atoms with van der Waals surface area (Å²) in [7, 11) is 0. The maximum atomic E-state index is 2.44. The lowest BCUT2D eigenvalue weighted by Gasteiger charge is -2.03. The van der Waals surface area contributed by atoms with Gasteiger partial charge in [-0.2, -0.15) is 0 Å². The van der Waals surface area contributed by atoms with Crippen molar-refractivity contribution in [3.63, 3.8) is 0 Å². The number of hydrogen-bond donors (Lipinski definition) is 0. The zero-order chi connectivity index (χ0) is 17.5. The molecule has 1 heterocycles. The molecule has 0 spiro atoms. The Labute approximate surface area is 151 Å². The maximum absolute atomic E-state index is 2.44. The quantitative estimate of drug-likeness (QED) is 0.238. The van der Waals surface area contributed by atoms with Gasteiger partial charge in [-0.25, -0.2) is 9.13 Å². The predicted molar refractivity (Wildman–Crippen MR) is 105 cm³/mol. The summed E-state index contributed by atoms with van der Waals surface area (Å²) >= 11 is 0. The van der Waals surface area contributed by atoms with Crippen molar-refractivity contribution in [2.75, 3.05) is 0 Å². The van der Waals surface area contributed by atoms with Crippen LogP contribution in [0.5, 0.6) is 0 Å². The maximum Gasteiger partial charge on any atom is 0.253 e. The fraction of sp³-hybridized carbons (Fsp3) is 0.864. The van der Waals surface area contributed by atoms with Gasteiger partial charge in [-0.15, -0.1) is 0 Å². The van der Waals surface area contributed by atoms with Crippen LogP contribution in [0.15, 0.2) is 12.4 Å².